The SMILES string of the molecule is CN1C2CCCC1CC(NCc1ccc(CC(=O)O)s1)C2. The van der Waals surface area contributed by atoms with Gasteiger partial charge in [0.25, 0.3) is 0 Å². The Bertz CT molecular complexity index is 488. The summed E-state index contributed by atoms with van der Waals surface area (Å²) in [5, 5.41) is 12.5. The number of thiophene rings is 1. The molecule has 1 aromatic heterocycles. The second-order valence-corrected chi connectivity index (χ2v) is 7.64. The molecule has 2 N–H and O–H groups in total. The molecule has 0 aliphatic carbocycles. The molecular weight excluding hydrogens is 284 g/mol. The number of carbonyl (C=O) groups is 1. The molecule has 2 saturated heterocycles. The molecule has 21 heavy (non-hydrogen) atoms. The van der Waals surface area contributed by atoms with Gasteiger partial charge < -0.3 is 15.3 Å². The summed E-state index contributed by atoms with van der Waals surface area (Å²) < 4.78 is 0. The van der Waals surface area contributed by atoms with Crippen LogP contribution in [0.15, 0.2) is 12.1 Å². The van der Waals surface area contributed by atoms with Gasteiger partial charge >= 0.3 is 5.97 Å². The highest BCUT2D eigenvalue weighted by Gasteiger charge is 2.35. The first kappa shape index (κ1) is 15.0. The van der Waals surface area contributed by atoms with E-state index in [1.54, 1.807) is 11.3 Å². The van der Waals surface area contributed by atoms with Crippen molar-refractivity contribution in [1.29, 1.82) is 0 Å². The third-order valence-corrected chi connectivity index (χ3v) is 6.03. The molecule has 0 aromatic carbocycles. The lowest BCUT2D eigenvalue weighted by Crippen LogP contribution is -2.54. The van der Waals surface area contributed by atoms with Gasteiger partial charge in [-0.05, 0) is 44.9 Å². The van der Waals surface area contributed by atoms with Gasteiger partial charge in [-0.15, -0.1) is 11.3 Å². The van der Waals surface area contributed by atoms with E-state index in [0.29, 0.717) is 6.04 Å². The van der Waals surface area contributed by atoms with Crippen molar-refractivity contribution in [2.75, 3.05) is 7.05 Å². The van der Waals surface area contributed by atoms with Gasteiger partial charge in [0.15, 0.2) is 0 Å². The Balaban J connectivity index is 1.51. The molecule has 2 aliphatic rings. The molecule has 2 fully saturated rings. The fraction of sp³-hybridized carbons (Fsp3) is 0.688. The lowest BCUT2D eigenvalue weighted by molar-refractivity contribution is -0.136. The molecule has 3 heterocycles. The number of hydrogen-bond donors (Lipinski definition) is 2. The van der Waals surface area contributed by atoms with Crippen molar-refractivity contribution in [3.8, 4) is 0 Å². The first-order valence-electron chi connectivity index (χ1n) is 7.86. The van der Waals surface area contributed by atoms with Crippen LogP contribution in [-0.4, -0.2) is 41.1 Å². The first-order valence-corrected chi connectivity index (χ1v) is 8.68. The summed E-state index contributed by atoms with van der Waals surface area (Å²) in [5.41, 5.74) is 0. The largest absolute Gasteiger partial charge is 0.481 e. The Hall–Kier alpha value is -0.910. The fourth-order valence-electron chi connectivity index (χ4n) is 3.79. The van der Waals surface area contributed by atoms with E-state index >= 15 is 0 Å². The number of rotatable bonds is 5. The second-order valence-electron chi connectivity index (χ2n) is 6.39. The van der Waals surface area contributed by atoms with Crippen molar-refractivity contribution in [1.82, 2.24) is 10.2 Å². The Labute approximate surface area is 130 Å². The minimum atomic E-state index is -0.750. The molecule has 2 atom stereocenters. The van der Waals surface area contributed by atoms with Crippen LogP contribution in [0.3, 0.4) is 0 Å². The van der Waals surface area contributed by atoms with Crippen molar-refractivity contribution in [2.45, 2.75) is 63.2 Å². The molecule has 2 unspecified atom stereocenters. The first-order chi connectivity index (χ1) is 10.1. The average Bonchev–Trinajstić information content (AvgIpc) is 2.83. The smallest absolute Gasteiger partial charge is 0.308 e. The third kappa shape index (κ3) is 3.65. The van der Waals surface area contributed by atoms with Crippen molar-refractivity contribution in [2.24, 2.45) is 0 Å². The molecule has 1 aromatic rings. The monoisotopic (exact) mass is 308 g/mol. The molecule has 4 nitrogen and oxygen atoms in total. The molecule has 3 rings (SSSR count). The molecule has 2 aliphatic heterocycles. The number of aliphatic carboxylic acids is 1. The number of nitrogens with zero attached hydrogens (tertiary/aromatic N) is 1. The van der Waals surface area contributed by atoms with Crippen LogP contribution in [0.4, 0.5) is 0 Å². The number of carboxylic acid groups (broad SMARTS) is 1. The van der Waals surface area contributed by atoms with Crippen LogP contribution in [0.1, 0.15) is 41.9 Å². The van der Waals surface area contributed by atoms with Crippen molar-refractivity contribution < 1.29 is 9.90 Å². The van der Waals surface area contributed by atoms with Crippen molar-refractivity contribution in [3.63, 3.8) is 0 Å². The van der Waals surface area contributed by atoms with E-state index in [9.17, 15) is 4.79 Å². The molecular formula is C16H24N2O2S. The minimum Gasteiger partial charge on any atom is -0.481 e. The summed E-state index contributed by atoms with van der Waals surface area (Å²) >= 11 is 1.62. The van der Waals surface area contributed by atoms with Gasteiger partial charge in [0.1, 0.15) is 0 Å². The van der Waals surface area contributed by atoms with Gasteiger partial charge in [0.2, 0.25) is 0 Å². The number of fused-ring (bicyclic) bond motifs is 2. The second kappa shape index (κ2) is 6.46. The molecule has 2 bridgehead atoms. The maximum absolute atomic E-state index is 10.7. The normalized spacial score (nSPS) is 29.5. The zero-order valence-electron chi connectivity index (χ0n) is 12.5. The van der Waals surface area contributed by atoms with E-state index in [1.807, 2.05) is 6.07 Å². The van der Waals surface area contributed by atoms with Crippen LogP contribution in [0.25, 0.3) is 0 Å². The molecule has 5 heteroatoms. The van der Waals surface area contributed by atoms with Gasteiger partial charge in [0, 0.05) is 34.4 Å². The number of piperidine rings is 2. The topological polar surface area (TPSA) is 52.6 Å². The van der Waals surface area contributed by atoms with E-state index in [2.05, 4.69) is 23.3 Å². The van der Waals surface area contributed by atoms with Crippen molar-refractivity contribution in [3.05, 3.63) is 21.9 Å². The van der Waals surface area contributed by atoms with Crippen LogP contribution in [0.2, 0.25) is 0 Å². The highest BCUT2D eigenvalue weighted by Crippen LogP contribution is 2.32. The Morgan fingerprint density at radius 2 is 2.00 bits per heavy atom. The zero-order chi connectivity index (χ0) is 14.8. The predicted octanol–water partition coefficient (Wildman–Crippen LogP) is 2.48. The summed E-state index contributed by atoms with van der Waals surface area (Å²) in [6.45, 7) is 0.873. The Kier molecular flexibility index (Phi) is 4.62. The van der Waals surface area contributed by atoms with Gasteiger partial charge in [-0.25, -0.2) is 0 Å². The molecule has 0 radical (unpaired) electrons. The summed E-state index contributed by atoms with van der Waals surface area (Å²) in [6, 6.07) is 6.12. The quantitative estimate of drug-likeness (QED) is 0.877. The van der Waals surface area contributed by atoms with Crippen LogP contribution in [0.5, 0.6) is 0 Å². The summed E-state index contributed by atoms with van der Waals surface area (Å²) in [7, 11) is 2.28. The van der Waals surface area contributed by atoms with Crippen LogP contribution in [0, 0.1) is 0 Å². The van der Waals surface area contributed by atoms with E-state index in [-0.39, 0.29) is 6.42 Å². The van der Waals surface area contributed by atoms with E-state index in [1.165, 1.54) is 37.0 Å². The summed E-state index contributed by atoms with van der Waals surface area (Å²) in [5.74, 6) is -0.750. The maximum Gasteiger partial charge on any atom is 0.308 e. The minimum absolute atomic E-state index is 0.142. The lowest BCUT2D eigenvalue weighted by atomic mass is 9.82. The highest BCUT2D eigenvalue weighted by molar-refractivity contribution is 7.12. The highest BCUT2D eigenvalue weighted by atomic mass is 32.1. The van der Waals surface area contributed by atoms with Gasteiger partial charge in [0.05, 0.1) is 6.42 Å². The van der Waals surface area contributed by atoms with Gasteiger partial charge in [-0.2, -0.15) is 0 Å². The molecule has 0 saturated carbocycles. The van der Waals surface area contributed by atoms with Crippen LogP contribution >= 0.6 is 11.3 Å². The maximum atomic E-state index is 10.7. The average molecular weight is 308 g/mol. The van der Waals surface area contributed by atoms with E-state index < -0.39 is 5.97 Å². The summed E-state index contributed by atoms with van der Waals surface area (Å²) in [6.07, 6.45) is 6.71. The van der Waals surface area contributed by atoms with Gasteiger partial charge in [-0.1, -0.05) is 6.42 Å². The zero-order valence-corrected chi connectivity index (χ0v) is 13.4. The van der Waals surface area contributed by atoms with Crippen LogP contribution in [-0.2, 0) is 17.8 Å². The predicted molar refractivity (Wildman–Crippen MR) is 84.7 cm³/mol. The van der Waals surface area contributed by atoms with Gasteiger partial charge in [-0.3, -0.25) is 4.79 Å². The third-order valence-electron chi connectivity index (χ3n) is 4.95. The molecule has 0 spiro atoms. The molecule has 0 amide bonds. The van der Waals surface area contributed by atoms with E-state index in [0.717, 1.165) is 23.5 Å². The number of hydrogen-bond acceptors (Lipinski definition) is 4. The Morgan fingerprint density at radius 3 is 2.67 bits per heavy atom. The standard InChI is InChI=1S/C16H24N2O2S/c1-18-12-3-2-4-13(18)8-11(7-12)17-10-15-6-5-14(21-15)9-16(19)20/h5-6,11-13,17H,2-4,7-10H2,1H3,(H,19,20). The summed E-state index contributed by atoms with van der Waals surface area (Å²) in [4.78, 5) is 15.5. The number of nitrogens with one attached hydrogen (secondary N) is 1. The van der Waals surface area contributed by atoms with E-state index in [4.69, 9.17) is 5.11 Å². The lowest BCUT2D eigenvalue weighted by Gasteiger charge is -2.47. The fourth-order valence-corrected chi connectivity index (χ4v) is 4.75. The number of carboxylic acids is 1. The van der Waals surface area contributed by atoms with Crippen LogP contribution < -0.4 is 5.32 Å². The molecule has 116 valence electrons. The Morgan fingerprint density at radius 1 is 1.33 bits per heavy atom. The van der Waals surface area contributed by atoms with Crippen molar-refractivity contribution >= 4 is 17.3 Å².